The largest absolute Gasteiger partial charge is 0.497 e. The van der Waals surface area contributed by atoms with Crippen molar-refractivity contribution in [3.63, 3.8) is 0 Å². The Morgan fingerprint density at radius 3 is 1.13 bits per heavy atom. The number of likely N-dealkylation sites (N-methyl/N-ethyl adjacent to an activating group) is 2. The highest BCUT2D eigenvalue weighted by atomic mass is 16.5. The first-order valence-corrected chi connectivity index (χ1v) is 17.7. The van der Waals surface area contributed by atoms with Crippen LogP contribution in [0.2, 0.25) is 0 Å². The zero-order chi connectivity index (χ0) is 38.5. The molecule has 0 bridgehead atoms. The fourth-order valence-corrected chi connectivity index (χ4v) is 6.07. The highest BCUT2D eigenvalue weighted by Crippen LogP contribution is 2.21. The molecule has 5 aromatic rings. The second-order valence-electron chi connectivity index (χ2n) is 13.0. The zero-order valence-electron chi connectivity index (χ0n) is 31.0. The molecule has 0 radical (unpaired) electrons. The lowest BCUT2D eigenvalue weighted by atomic mass is 10.0. The maximum Gasteiger partial charge on any atom is 0.249 e. The molecule has 0 saturated carbocycles. The average Bonchev–Trinajstić information content (AvgIpc) is 3.20. The van der Waals surface area contributed by atoms with E-state index in [-0.39, 0.29) is 36.5 Å². The van der Waals surface area contributed by atoms with Gasteiger partial charge >= 0.3 is 0 Å². The van der Waals surface area contributed by atoms with E-state index in [9.17, 15) is 19.2 Å². The molecule has 5 aromatic carbocycles. The maximum absolute atomic E-state index is 13.7. The van der Waals surface area contributed by atoms with Gasteiger partial charge in [-0.25, -0.2) is 0 Å². The number of carbonyl (C=O) groups is 4. The fraction of sp³-hybridized carbons (Fsp3) is 0.227. The van der Waals surface area contributed by atoms with Crippen LogP contribution in [0.3, 0.4) is 0 Å². The second-order valence-corrected chi connectivity index (χ2v) is 13.0. The summed E-state index contributed by atoms with van der Waals surface area (Å²) in [7, 11) is 6.53. The quantitative estimate of drug-likeness (QED) is 0.137. The van der Waals surface area contributed by atoms with Gasteiger partial charge in [0.1, 0.15) is 23.6 Å². The Balaban J connectivity index is 1.22. The van der Waals surface area contributed by atoms with Gasteiger partial charge in [0.05, 0.1) is 27.1 Å². The van der Waals surface area contributed by atoms with Crippen molar-refractivity contribution in [3.05, 3.63) is 156 Å². The third kappa shape index (κ3) is 10.8. The second kappa shape index (κ2) is 18.9. The highest BCUT2D eigenvalue weighted by Gasteiger charge is 2.27. The van der Waals surface area contributed by atoms with E-state index in [1.807, 2.05) is 60.7 Å². The van der Waals surface area contributed by atoms with Crippen molar-refractivity contribution in [2.75, 3.05) is 38.1 Å². The first-order chi connectivity index (χ1) is 26.1. The van der Waals surface area contributed by atoms with Crippen molar-refractivity contribution in [1.82, 2.24) is 10.6 Å². The van der Waals surface area contributed by atoms with Gasteiger partial charge in [0.2, 0.25) is 23.6 Å². The topological polar surface area (TPSA) is 117 Å². The Morgan fingerprint density at radius 1 is 0.481 bits per heavy atom. The van der Waals surface area contributed by atoms with E-state index in [0.29, 0.717) is 35.7 Å². The molecular formula is C44H46N4O6. The van der Waals surface area contributed by atoms with Crippen molar-refractivity contribution in [3.8, 4) is 11.5 Å². The third-order valence-electron chi connectivity index (χ3n) is 9.16. The van der Waals surface area contributed by atoms with E-state index < -0.39 is 12.1 Å². The lowest BCUT2D eigenvalue weighted by Crippen LogP contribution is -2.49. The predicted molar refractivity (Wildman–Crippen MR) is 211 cm³/mol. The lowest BCUT2D eigenvalue weighted by Gasteiger charge is -2.25. The van der Waals surface area contributed by atoms with Gasteiger partial charge in [0.25, 0.3) is 0 Å². The molecule has 1 unspecified atom stereocenters. The number of rotatable bonds is 16. The molecule has 0 aliphatic carbocycles. The molecule has 0 aliphatic heterocycles. The summed E-state index contributed by atoms with van der Waals surface area (Å²) in [5.41, 5.74) is 4.64. The lowest BCUT2D eigenvalue weighted by molar-refractivity contribution is -0.127. The summed E-state index contributed by atoms with van der Waals surface area (Å²) in [4.78, 5) is 57.2. The minimum atomic E-state index is -0.801. The number of hydrogen-bond donors (Lipinski definition) is 2. The van der Waals surface area contributed by atoms with E-state index >= 15 is 0 Å². The van der Waals surface area contributed by atoms with Crippen LogP contribution in [-0.4, -0.2) is 64.0 Å². The molecule has 10 heteroatoms. The molecule has 0 aliphatic rings. The standard InChI is InChI=1S/C44H46N4O6/c1-47(35-19-23-37(53-3)24-20-35)43(51)39(27-31-11-7-5-8-12-31)45-41(49)29-33-15-17-34(18-16-33)30-42(50)46-40(28-32-13-9-6-10-14-32)44(52)48(2)36-21-25-38(54-4)26-22-36/h5-26,39-40H,27-30H2,1-4H3,(H,45,49)(H,46,50)/t39-,40?/m0/s1. The number of methoxy groups -OCH3 is 2. The van der Waals surface area contributed by atoms with Gasteiger partial charge in [0.15, 0.2) is 0 Å². The molecule has 2 N–H and O–H groups in total. The van der Waals surface area contributed by atoms with Crippen LogP contribution in [0.5, 0.6) is 11.5 Å². The van der Waals surface area contributed by atoms with Crippen LogP contribution in [0.1, 0.15) is 22.3 Å². The zero-order valence-corrected chi connectivity index (χ0v) is 31.0. The smallest absolute Gasteiger partial charge is 0.249 e. The summed E-state index contributed by atoms with van der Waals surface area (Å²) < 4.78 is 10.5. The summed E-state index contributed by atoms with van der Waals surface area (Å²) >= 11 is 0. The van der Waals surface area contributed by atoms with E-state index in [2.05, 4.69) is 10.6 Å². The van der Waals surface area contributed by atoms with Gasteiger partial charge in [-0.15, -0.1) is 0 Å². The Bertz CT molecular complexity index is 1840. The van der Waals surface area contributed by atoms with Crippen molar-refractivity contribution in [2.45, 2.75) is 37.8 Å². The maximum atomic E-state index is 13.7. The fourth-order valence-electron chi connectivity index (χ4n) is 6.07. The number of nitrogens with zero attached hydrogens (tertiary/aromatic N) is 2. The number of anilines is 2. The number of hydrogen-bond acceptors (Lipinski definition) is 6. The molecule has 278 valence electrons. The Kier molecular flexibility index (Phi) is 13.6. The minimum Gasteiger partial charge on any atom is -0.497 e. The molecular weight excluding hydrogens is 681 g/mol. The van der Waals surface area contributed by atoms with Gasteiger partial charge < -0.3 is 29.9 Å². The predicted octanol–water partition coefficient (Wildman–Crippen LogP) is 5.57. The average molecular weight is 727 g/mol. The van der Waals surface area contributed by atoms with E-state index in [1.54, 1.807) is 101 Å². The number of amides is 4. The highest BCUT2D eigenvalue weighted by molar-refractivity contribution is 6.00. The molecule has 5 rings (SSSR count). The van der Waals surface area contributed by atoms with Gasteiger partial charge in [-0.2, -0.15) is 0 Å². The van der Waals surface area contributed by atoms with Crippen LogP contribution in [0, 0.1) is 0 Å². The molecule has 4 amide bonds. The van der Waals surface area contributed by atoms with Crippen LogP contribution in [-0.2, 0) is 44.9 Å². The van der Waals surface area contributed by atoms with Crippen LogP contribution >= 0.6 is 0 Å². The molecule has 0 heterocycles. The van der Waals surface area contributed by atoms with Crippen molar-refractivity contribution >= 4 is 35.0 Å². The normalized spacial score (nSPS) is 11.8. The summed E-state index contributed by atoms with van der Waals surface area (Å²) in [6.07, 6.45) is 0.735. The van der Waals surface area contributed by atoms with Crippen LogP contribution < -0.4 is 29.9 Å². The molecule has 2 atom stereocenters. The molecule has 54 heavy (non-hydrogen) atoms. The summed E-state index contributed by atoms with van der Waals surface area (Å²) in [5.74, 6) is 0.242. The minimum absolute atomic E-state index is 0.0443. The first kappa shape index (κ1) is 38.8. The molecule has 0 saturated heterocycles. The van der Waals surface area contributed by atoms with Gasteiger partial charge in [-0.1, -0.05) is 84.9 Å². The summed E-state index contributed by atoms with van der Waals surface area (Å²) in [5, 5.41) is 5.90. The summed E-state index contributed by atoms with van der Waals surface area (Å²) in [6, 6.07) is 39.0. The van der Waals surface area contributed by atoms with Crippen LogP contribution in [0.15, 0.2) is 133 Å². The number of carbonyl (C=O) groups excluding carboxylic acids is 4. The van der Waals surface area contributed by atoms with Crippen LogP contribution in [0.25, 0.3) is 0 Å². The Labute approximate surface area is 316 Å². The first-order valence-electron chi connectivity index (χ1n) is 17.7. The molecule has 0 fully saturated rings. The number of benzene rings is 5. The third-order valence-corrected chi connectivity index (χ3v) is 9.16. The Hall–Kier alpha value is -6.42. The van der Waals surface area contributed by atoms with Crippen molar-refractivity contribution in [2.24, 2.45) is 0 Å². The molecule has 0 aromatic heterocycles. The van der Waals surface area contributed by atoms with Gasteiger partial charge in [-0.3, -0.25) is 19.2 Å². The monoisotopic (exact) mass is 726 g/mol. The van der Waals surface area contributed by atoms with E-state index in [1.165, 1.54) is 9.80 Å². The number of ether oxygens (including phenoxy) is 2. The van der Waals surface area contributed by atoms with Crippen LogP contribution in [0.4, 0.5) is 11.4 Å². The Morgan fingerprint density at radius 2 is 0.815 bits per heavy atom. The van der Waals surface area contributed by atoms with Gasteiger partial charge in [0, 0.05) is 38.3 Å². The van der Waals surface area contributed by atoms with Gasteiger partial charge in [-0.05, 0) is 70.8 Å². The number of nitrogens with one attached hydrogen (secondary N) is 2. The van der Waals surface area contributed by atoms with E-state index in [0.717, 1.165) is 22.3 Å². The SMILES string of the molecule is COc1ccc(N(C)C(=O)C(Cc2ccccc2)NC(=O)Cc2ccc(CC(=O)N[C@@H](Cc3ccccc3)C(=O)N(C)c3ccc(OC)cc3)cc2)cc1. The van der Waals surface area contributed by atoms with Crippen molar-refractivity contribution in [1.29, 1.82) is 0 Å². The van der Waals surface area contributed by atoms with Crippen molar-refractivity contribution < 1.29 is 28.7 Å². The molecule has 0 spiro atoms. The molecule has 10 nitrogen and oxygen atoms in total. The summed E-state index contributed by atoms with van der Waals surface area (Å²) in [6.45, 7) is 0. The van der Waals surface area contributed by atoms with E-state index in [4.69, 9.17) is 9.47 Å².